The summed E-state index contributed by atoms with van der Waals surface area (Å²) in [7, 11) is 1.60. The SMILES string of the molecule is COc1ccc(NCCNC(=O)[C@H](Cc2ccc([N+](=O)[O-])cc2)NC(=O)c2cccc(C)c2)cc1. The van der Waals surface area contributed by atoms with E-state index >= 15 is 0 Å². The van der Waals surface area contributed by atoms with E-state index in [0.29, 0.717) is 24.2 Å². The first-order chi connectivity index (χ1) is 16.9. The van der Waals surface area contributed by atoms with Gasteiger partial charge in [-0.1, -0.05) is 29.8 Å². The molecule has 3 aromatic rings. The summed E-state index contributed by atoms with van der Waals surface area (Å²) >= 11 is 0. The van der Waals surface area contributed by atoms with Crippen molar-refractivity contribution in [3.8, 4) is 5.75 Å². The van der Waals surface area contributed by atoms with Crippen LogP contribution < -0.4 is 20.7 Å². The number of nitro benzene ring substituents is 1. The standard InChI is InChI=1S/C26H28N4O5/c1-18-4-3-5-20(16-18)25(31)29-24(17-19-6-10-22(11-7-19)30(33)34)26(32)28-15-14-27-21-8-12-23(35-2)13-9-21/h3-13,16,24,27H,14-15,17H2,1-2H3,(H,28,32)(H,29,31)/t24-/m0/s1. The van der Waals surface area contributed by atoms with Crippen LogP contribution in [0.2, 0.25) is 0 Å². The number of amides is 2. The molecular formula is C26H28N4O5. The van der Waals surface area contributed by atoms with Gasteiger partial charge in [-0.05, 0) is 48.9 Å². The van der Waals surface area contributed by atoms with Gasteiger partial charge in [0, 0.05) is 42.9 Å². The first kappa shape index (κ1) is 25.2. The van der Waals surface area contributed by atoms with Crippen LogP contribution in [-0.4, -0.2) is 43.0 Å². The molecule has 9 nitrogen and oxygen atoms in total. The normalized spacial score (nSPS) is 11.3. The third-order valence-corrected chi connectivity index (χ3v) is 5.33. The van der Waals surface area contributed by atoms with E-state index in [1.165, 1.54) is 12.1 Å². The van der Waals surface area contributed by atoms with Crippen molar-refractivity contribution in [3.63, 3.8) is 0 Å². The van der Waals surface area contributed by atoms with Crippen LogP contribution in [-0.2, 0) is 11.2 Å². The average Bonchev–Trinajstić information content (AvgIpc) is 2.86. The number of non-ortho nitro benzene ring substituents is 1. The summed E-state index contributed by atoms with van der Waals surface area (Å²) in [6, 6.07) is 19.6. The highest BCUT2D eigenvalue weighted by Crippen LogP contribution is 2.15. The summed E-state index contributed by atoms with van der Waals surface area (Å²) in [5.41, 5.74) is 2.92. The van der Waals surface area contributed by atoms with Crippen LogP contribution in [0.1, 0.15) is 21.5 Å². The van der Waals surface area contributed by atoms with Crippen molar-refractivity contribution in [3.05, 3.63) is 99.6 Å². The van der Waals surface area contributed by atoms with E-state index in [9.17, 15) is 19.7 Å². The predicted molar refractivity (Wildman–Crippen MR) is 134 cm³/mol. The average molecular weight is 477 g/mol. The Balaban J connectivity index is 1.63. The number of ether oxygens (including phenoxy) is 1. The highest BCUT2D eigenvalue weighted by atomic mass is 16.6. The molecule has 0 saturated carbocycles. The van der Waals surface area contributed by atoms with Crippen LogP contribution in [0.4, 0.5) is 11.4 Å². The van der Waals surface area contributed by atoms with E-state index in [-0.39, 0.29) is 23.9 Å². The molecule has 0 aliphatic carbocycles. The van der Waals surface area contributed by atoms with Gasteiger partial charge in [-0.25, -0.2) is 0 Å². The largest absolute Gasteiger partial charge is 0.497 e. The molecule has 0 aliphatic heterocycles. The Bertz CT molecular complexity index is 1160. The zero-order chi connectivity index (χ0) is 25.2. The van der Waals surface area contributed by atoms with Crippen LogP contribution >= 0.6 is 0 Å². The zero-order valence-electron chi connectivity index (χ0n) is 19.6. The van der Waals surface area contributed by atoms with Crippen LogP contribution in [0.3, 0.4) is 0 Å². The van der Waals surface area contributed by atoms with E-state index in [2.05, 4.69) is 16.0 Å². The van der Waals surface area contributed by atoms with Crippen molar-refractivity contribution in [1.29, 1.82) is 0 Å². The first-order valence-electron chi connectivity index (χ1n) is 11.1. The molecule has 0 aliphatic rings. The molecular weight excluding hydrogens is 448 g/mol. The number of nitro groups is 1. The lowest BCUT2D eigenvalue weighted by Crippen LogP contribution is -2.48. The van der Waals surface area contributed by atoms with Gasteiger partial charge in [-0.3, -0.25) is 19.7 Å². The Morgan fingerprint density at radius 1 is 1.00 bits per heavy atom. The summed E-state index contributed by atoms with van der Waals surface area (Å²) in [5, 5.41) is 19.8. The molecule has 35 heavy (non-hydrogen) atoms. The third kappa shape index (κ3) is 7.56. The van der Waals surface area contributed by atoms with Crippen molar-refractivity contribution >= 4 is 23.2 Å². The van der Waals surface area contributed by atoms with Gasteiger partial charge in [-0.2, -0.15) is 0 Å². The van der Waals surface area contributed by atoms with Gasteiger partial charge in [-0.15, -0.1) is 0 Å². The number of nitrogens with zero attached hydrogens (tertiary/aromatic N) is 1. The van der Waals surface area contributed by atoms with Gasteiger partial charge in [0.15, 0.2) is 0 Å². The summed E-state index contributed by atoms with van der Waals surface area (Å²) in [4.78, 5) is 36.2. The maximum Gasteiger partial charge on any atom is 0.269 e. The van der Waals surface area contributed by atoms with E-state index in [1.54, 1.807) is 37.4 Å². The molecule has 2 amide bonds. The van der Waals surface area contributed by atoms with Gasteiger partial charge in [0.2, 0.25) is 5.91 Å². The molecule has 0 bridgehead atoms. The number of carbonyl (C=O) groups excluding carboxylic acids is 2. The fourth-order valence-electron chi connectivity index (χ4n) is 3.45. The van der Waals surface area contributed by atoms with Crippen LogP contribution in [0.15, 0.2) is 72.8 Å². The second-order valence-electron chi connectivity index (χ2n) is 7.97. The molecule has 0 aromatic heterocycles. The summed E-state index contributed by atoms with van der Waals surface area (Å²) in [6.45, 7) is 2.70. The molecule has 0 spiro atoms. The molecule has 3 N–H and O–H groups in total. The van der Waals surface area contributed by atoms with Crippen LogP contribution in [0.5, 0.6) is 5.75 Å². The fraction of sp³-hybridized carbons (Fsp3) is 0.231. The number of methoxy groups -OCH3 is 1. The van der Waals surface area contributed by atoms with E-state index in [0.717, 1.165) is 17.0 Å². The number of carbonyl (C=O) groups is 2. The number of hydrogen-bond donors (Lipinski definition) is 3. The second-order valence-corrected chi connectivity index (χ2v) is 7.97. The maximum absolute atomic E-state index is 13.0. The van der Waals surface area contributed by atoms with Gasteiger partial charge < -0.3 is 20.7 Å². The Kier molecular flexibility index (Phi) is 8.77. The molecule has 3 aromatic carbocycles. The van der Waals surface area contributed by atoms with Crippen molar-refractivity contribution < 1.29 is 19.2 Å². The van der Waals surface area contributed by atoms with Gasteiger partial charge in [0.1, 0.15) is 11.8 Å². The van der Waals surface area contributed by atoms with Gasteiger partial charge in [0.25, 0.3) is 11.6 Å². The van der Waals surface area contributed by atoms with Crippen molar-refractivity contribution in [1.82, 2.24) is 10.6 Å². The molecule has 3 rings (SSSR count). The number of benzene rings is 3. The monoisotopic (exact) mass is 476 g/mol. The zero-order valence-corrected chi connectivity index (χ0v) is 19.6. The van der Waals surface area contributed by atoms with E-state index in [4.69, 9.17) is 4.74 Å². The predicted octanol–water partition coefficient (Wildman–Crippen LogP) is 3.48. The molecule has 9 heteroatoms. The highest BCUT2D eigenvalue weighted by Gasteiger charge is 2.22. The molecule has 0 heterocycles. The molecule has 182 valence electrons. The van der Waals surface area contributed by atoms with Crippen LogP contribution in [0, 0.1) is 17.0 Å². The summed E-state index contributed by atoms with van der Waals surface area (Å²) in [5.74, 6) is 0.0373. The summed E-state index contributed by atoms with van der Waals surface area (Å²) in [6.07, 6.45) is 0.188. The number of anilines is 1. The molecule has 0 radical (unpaired) electrons. The second kappa shape index (κ2) is 12.2. The lowest BCUT2D eigenvalue weighted by Gasteiger charge is -2.19. The van der Waals surface area contributed by atoms with Gasteiger partial charge >= 0.3 is 0 Å². The minimum absolute atomic E-state index is 0.0387. The minimum Gasteiger partial charge on any atom is -0.497 e. The Morgan fingerprint density at radius 2 is 1.71 bits per heavy atom. The first-order valence-corrected chi connectivity index (χ1v) is 11.1. The lowest BCUT2D eigenvalue weighted by atomic mass is 10.0. The number of hydrogen-bond acceptors (Lipinski definition) is 6. The fourth-order valence-corrected chi connectivity index (χ4v) is 3.45. The lowest BCUT2D eigenvalue weighted by molar-refractivity contribution is -0.384. The summed E-state index contributed by atoms with van der Waals surface area (Å²) < 4.78 is 5.14. The van der Waals surface area contributed by atoms with Crippen molar-refractivity contribution in [2.75, 3.05) is 25.5 Å². The van der Waals surface area contributed by atoms with Gasteiger partial charge in [0.05, 0.1) is 12.0 Å². The number of rotatable bonds is 11. The molecule has 1 atom stereocenters. The Hall–Kier alpha value is -4.40. The topological polar surface area (TPSA) is 123 Å². The minimum atomic E-state index is -0.856. The molecule has 0 unspecified atom stereocenters. The van der Waals surface area contributed by atoms with Crippen molar-refractivity contribution in [2.24, 2.45) is 0 Å². The van der Waals surface area contributed by atoms with E-state index < -0.39 is 11.0 Å². The Morgan fingerprint density at radius 3 is 2.34 bits per heavy atom. The number of nitrogens with one attached hydrogen (secondary N) is 3. The molecule has 0 fully saturated rings. The van der Waals surface area contributed by atoms with Crippen LogP contribution in [0.25, 0.3) is 0 Å². The quantitative estimate of drug-likeness (QED) is 0.221. The smallest absolute Gasteiger partial charge is 0.269 e. The molecule has 0 saturated heterocycles. The number of aryl methyl sites for hydroxylation is 1. The maximum atomic E-state index is 13.0. The Labute approximate surface area is 203 Å². The van der Waals surface area contributed by atoms with Crippen molar-refractivity contribution in [2.45, 2.75) is 19.4 Å². The van der Waals surface area contributed by atoms with E-state index in [1.807, 2.05) is 37.3 Å². The third-order valence-electron chi connectivity index (χ3n) is 5.33. The highest BCUT2D eigenvalue weighted by molar-refractivity contribution is 5.97.